The molecule has 1 saturated heterocycles. The third-order valence-corrected chi connectivity index (χ3v) is 3.47. The van der Waals surface area contributed by atoms with E-state index >= 15 is 0 Å². The second kappa shape index (κ2) is 5.87. The second-order valence-corrected chi connectivity index (χ2v) is 4.95. The van der Waals surface area contributed by atoms with Gasteiger partial charge in [-0.05, 0) is 17.7 Å². The number of benzene rings is 2. The molecule has 3 rings (SSSR count). The number of para-hydroxylation sites is 1. The number of nitrogens with zero attached hydrogens (tertiary/aromatic N) is 2. The zero-order chi connectivity index (χ0) is 15.5. The van der Waals surface area contributed by atoms with E-state index in [-0.39, 0.29) is 6.54 Å². The van der Waals surface area contributed by atoms with Crippen molar-refractivity contribution in [2.24, 2.45) is 0 Å². The van der Waals surface area contributed by atoms with E-state index < -0.39 is 18.1 Å². The molecule has 6 nitrogen and oxygen atoms in total. The molecule has 1 aliphatic heterocycles. The Bertz CT molecular complexity index is 676. The summed E-state index contributed by atoms with van der Waals surface area (Å²) in [5, 5.41) is 13.3. The smallest absolute Gasteiger partial charge is 0.308 e. The first-order chi connectivity index (χ1) is 10.7. The summed E-state index contributed by atoms with van der Waals surface area (Å²) in [4.78, 5) is 25.5. The van der Waals surface area contributed by atoms with Crippen molar-refractivity contribution in [3.05, 3.63) is 66.2 Å². The number of hydrogen-bond donors (Lipinski definition) is 2. The number of amides is 3. The van der Waals surface area contributed by atoms with Crippen LogP contribution in [0.15, 0.2) is 60.7 Å². The lowest BCUT2D eigenvalue weighted by Crippen LogP contribution is -2.37. The highest BCUT2D eigenvalue weighted by molar-refractivity contribution is 5.94. The molecule has 6 heteroatoms. The molecule has 0 saturated carbocycles. The first kappa shape index (κ1) is 14.1. The lowest BCUT2D eigenvalue weighted by atomic mass is 10.1. The molecule has 22 heavy (non-hydrogen) atoms. The first-order valence-electron chi connectivity index (χ1n) is 6.85. The Balaban J connectivity index is 1.84. The van der Waals surface area contributed by atoms with Crippen LogP contribution in [0.1, 0.15) is 11.7 Å². The predicted octanol–water partition coefficient (Wildman–Crippen LogP) is 2.45. The van der Waals surface area contributed by atoms with Crippen LogP contribution in [-0.2, 0) is 4.79 Å². The number of carbonyl (C=O) groups is 2. The fraction of sp³-hybridized carbons (Fsp3) is 0.125. The summed E-state index contributed by atoms with van der Waals surface area (Å²) >= 11 is 0. The van der Waals surface area contributed by atoms with Crippen molar-refractivity contribution in [2.45, 2.75) is 6.17 Å². The van der Waals surface area contributed by atoms with Crippen LogP contribution in [0, 0.1) is 0 Å². The van der Waals surface area contributed by atoms with Crippen molar-refractivity contribution in [1.82, 2.24) is 9.96 Å². The number of hydrogen-bond acceptors (Lipinski definition) is 3. The molecule has 0 spiro atoms. The Morgan fingerprint density at radius 2 is 1.64 bits per heavy atom. The van der Waals surface area contributed by atoms with Crippen LogP contribution in [0.5, 0.6) is 0 Å². The van der Waals surface area contributed by atoms with E-state index in [4.69, 9.17) is 0 Å². The maximum atomic E-state index is 12.4. The molecule has 2 aromatic carbocycles. The SMILES string of the molecule is O=C1CN(C(=O)Nc2ccccc2)C(c2ccccc2)N1O. The minimum Gasteiger partial charge on any atom is -0.308 e. The van der Waals surface area contributed by atoms with E-state index in [0.717, 1.165) is 0 Å². The summed E-state index contributed by atoms with van der Waals surface area (Å²) in [6, 6.07) is 17.4. The van der Waals surface area contributed by atoms with Gasteiger partial charge < -0.3 is 5.32 Å². The van der Waals surface area contributed by atoms with E-state index in [1.165, 1.54) is 4.90 Å². The summed E-state index contributed by atoms with van der Waals surface area (Å²) in [7, 11) is 0. The van der Waals surface area contributed by atoms with Crippen molar-refractivity contribution in [2.75, 3.05) is 11.9 Å². The van der Waals surface area contributed by atoms with Crippen LogP contribution in [0.4, 0.5) is 10.5 Å². The molecular weight excluding hydrogens is 282 g/mol. The zero-order valence-corrected chi connectivity index (χ0v) is 11.7. The molecule has 1 heterocycles. The van der Waals surface area contributed by atoms with Crippen molar-refractivity contribution >= 4 is 17.6 Å². The Hall–Kier alpha value is -2.86. The molecule has 2 aromatic rings. The number of hydroxylamine groups is 2. The average molecular weight is 297 g/mol. The molecule has 1 fully saturated rings. The van der Waals surface area contributed by atoms with Gasteiger partial charge >= 0.3 is 6.03 Å². The highest BCUT2D eigenvalue weighted by Crippen LogP contribution is 2.29. The van der Waals surface area contributed by atoms with Gasteiger partial charge in [-0.3, -0.25) is 14.9 Å². The van der Waals surface area contributed by atoms with Crippen LogP contribution in [-0.4, -0.2) is 33.7 Å². The van der Waals surface area contributed by atoms with E-state index in [2.05, 4.69) is 5.32 Å². The highest BCUT2D eigenvalue weighted by Gasteiger charge is 2.41. The van der Waals surface area contributed by atoms with E-state index in [0.29, 0.717) is 16.3 Å². The first-order valence-corrected chi connectivity index (χ1v) is 6.85. The minimum atomic E-state index is -0.822. The third-order valence-electron chi connectivity index (χ3n) is 3.47. The topological polar surface area (TPSA) is 72.9 Å². The number of rotatable bonds is 2. The quantitative estimate of drug-likeness (QED) is 0.836. The van der Waals surface area contributed by atoms with Crippen LogP contribution in [0.2, 0.25) is 0 Å². The summed E-state index contributed by atoms with van der Waals surface area (Å²) in [5.41, 5.74) is 1.29. The zero-order valence-electron chi connectivity index (χ0n) is 11.7. The molecule has 1 atom stereocenters. The van der Waals surface area contributed by atoms with Crippen molar-refractivity contribution in [1.29, 1.82) is 0 Å². The standard InChI is InChI=1S/C16H15N3O3/c20-14-11-18(16(21)17-13-9-5-2-6-10-13)15(19(14)22)12-7-3-1-4-8-12/h1-10,15,22H,11H2,(H,17,21). The van der Waals surface area contributed by atoms with Gasteiger partial charge in [0.15, 0.2) is 6.17 Å². The molecule has 112 valence electrons. The number of nitrogens with one attached hydrogen (secondary N) is 1. The Kier molecular flexibility index (Phi) is 3.76. The summed E-state index contributed by atoms with van der Waals surface area (Å²) in [6.07, 6.45) is -0.822. The van der Waals surface area contributed by atoms with Crippen molar-refractivity contribution in [3.8, 4) is 0 Å². The van der Waals surface area contributed by atoms with Gasteiger partial charge in [-0.15, -0.1) is 0 Å². The fourth-order valence-corrected chi connectivity index (χ4v) is 2.42. The largest absolute Gasteiger partial charge is 0.324 e. The van der Waals surface area contributed by atoms with Gasteiger partial charge in [0.1, 0.15) is 6.54 Å². The van der Waals surface area contributed by atoms with Gasteiger partial charge in [-0.1, -0.05) is 48.5 Å². The maximum Gasteiger partial charge on any atom is 0.324 e. The van der Waals surface area contributed by atoms with Crippen LogP contribution in [0.25, 0.3) is 0 Å². The van der Waals surface area contributed by atoms with Gasteiger partial charge in [-0.2, -0.15) is 5.06 Å². The Morgan fingerprint density at radius 1 is 1.05 bits per heavy atom. The van der Waals surface area contributed by atoms with Crippen molar-refractivity contribution < 1.29 is 14.8 Å². The fourth-order valence-electron chi connectivity index (χ4n) is 2.42. The molecule has 2 N–H and O–H groups in total. The van der Waals surface area contributed by atoms with Crippen LogP contribution < -0.4 is 5.32 Å². The normalized spacial score (nSPS) is 17.7. The lowest BCUT2D eigenvalue weighted by Gasteiger charge is -2.26. The second-order valence-electron chi connectivity index (χ2n) is 4.95. The van der Waals surface area contributed by atoms with Gasteiger partial charge in [0, 0.05) is 5.69 Å². The van der Waals surface area contributed by atoms with Crippen molar-refractivity contribution in [3.63, 3.8) is 0 Å². The number of carbonyl (C=O) groups excluding carboxylic acids is 2. The molecule has 3 amide bonds. The number of urea groups is 1. The molecule has 0 aromatic heterocycles. The molecule has 0 aliphatic carbocycles. The number of anilines is 1. The van der Waals surface area contributed by atoms with Gasteiger partial charge in [-0.25, -0.2) is 4.79 Å². The van der Waals surface area contributed by atoms with E-state index in [1.807, 2.05) is 12.1 Å². The molecule has 1 aliphatic rings. The Labute approximate surface area is 127 Å². The highest BCUT2D eigenvalue weighted by atomic mass is 16.5. The summed E-state index contributed by atoms with van der Waals surface area (Å²) in [6.45, 7) is -0.172. The average Bonchev–Trinajstić information content (AvgIpc) is 2.85. The lowest BCUT2D eigenvalue weighted by molar-refractivity contribution is -0.168. The molecule has 0 radical (unpaired) electrons. The summed E-state index contributed by atoms with van der Waals surface area (Å²) in [5.74, 6) is -0.517. The summed E-state index contributed by atoms with van der Waals surface area (Å²) < 4.78 is 0. The monoisotopic (exact) mass is 297 g/mol. The Morgan fingerprint density at radius 3 is 2.27 bits per heavy atom. The van der Waals surface area contributed by atoms with E-state index in [1.54, 1.807) is 48.5 Å². The molecule has 0 bridgehead atoms. The maximum absolute atomic E-state index is 12.4. The minimum absolute atomic E-state index is 0.172. The third kappa shape index (κ3) is 2.64. The van der Waals surface area contributed by atoms with E-state index in [9.17, 15) is 14.8 Å². The predicted molar refractivity (Wildman–Crippen MR) is 80.0 cm³/mol. The van der Waals surface area contributed by atoms with Gasteiger partial charge in [0.05, 0.1) is 0 Å². The van der Waals surface area contributed by atoms with Gasteiger partial charge in [0.25, 0.3) is 5.91 Å². The van der Waals surface area contributed by atoms with Crippen LogP contribution in [0.3, 0.4) is 0 Å². The van der Waals surface area contributed by atoms with Crippen LogP contribution >= 0.6 is 0 Å². The van der Waals surface area contributed by atoms with Gasteiger partial charge in [0.2, 0.25) is 0 Å². The molecular formula is C16H15N3O3. The molecule has 1 unspecified atom stereocenters.